The average Bonchev–Trinajstić information content (AvgIpc) is 2.59. The van der Waals surface area contributed by atoms with Gasteiger partial charge >= 0.3 is 0 Å². The molecule has 0 radical (unpaired) electrons. The van der Waals surface area contributed by atoms with Crippen molar-refractivity contribution in [2.45, 2.75) is 26.6 Å². The number of nitrogens with zero attached hydrogens (tertiary/aromatic N) is 1. The lowest BCUT2D eigenvalue weighted by Crippen LogP contribution is -2.35. The summed E-state index contributed by atoms with van der Waals surface area (Å²) in [6.07, 6.45) is 0. The lowest BCUT2D eigenvalue weighted by molar-refractivity contribution is 0.0342. The molecule has 1 N–H and O–H groups in total. The van der Waals surface area contributed by atoms with Crippen LogP contribution < -0.4 is 5.32 Å². The summed E-state index contributed by atoms with van der Waals surface area (Å²) in [7, 11) is 0. The van der Waals surface area contributed by atoms with E-state index in [1.165, 1.54) is 22.3 Å². The van der Waals surface area contributed by atoms with Crippen LogP contribution in [0.25, 0.3) is 0 Å². The maximum atomic E-state index is 5.40. The van der Waals surface area contributed by atoms with Gasteiger partial charge in [-0.25, -0.2) is 0 Å². The number of rotatable bonds is 6. The van der Waals surface area contributed by atoms with Crippen LogP contribution in [0.1, 0.15) is 22.3 Å². The standard InChI is InChI=1S/C20H26N2O/c1-17-4-2-3-5-20(17)15-21-14-18-6-8-19(9-7-18)16-22-10-12-23-13-11-22/h2-9,21H,10-16H2,1H3. The van der Waals surface area contributed by atoms with Gasteiger partial charge in [-0.2, -0.15) is 0 Å². The second-order valence-electron chi connectivity index (χ2n) is 6.24. The highest BCUT2D eigenvalue weighted by atomic mass is 16.5. The summed E-state index contributed by atoms with van der Waals surface area (Å²) in [5, 5.41) is 3.53. The third-order valence-corrected chi connectivity index (χ3v) is 4.44. The number of morpholine rings is 1. The van der Waals surface area contributed by atoms with Gasteiger partial charge in [0.25, 0.3) is 0 Å². The first-order chi connectivity index (χ1) is 11.3. The van der Waals surface area contributed by atoms with Crippen LogP contribution in [0.4, 0.5) is 0 Å². The second kappa shape index (κ2) is 8.25. The van der Waals surface area contributed by atoms with E-state index in [1.54, 1.807) is 0 Å². The normalized spacial score (nSPS) is 15.7. The van der Waals surface area contributed by atoms with Crippen LogP contribution in [0.3, 0.4) is 0 Å². The maximum Gasteiger partial charge on any atom is 0.0594 e. The Kier molecular flexibility index (Phi) is 5.81. The SMILES string of the molecule is Cc1ccccc1CNCc1ccc(CN2CCOCC2)cc1. The molecule has 0 atom stereocenters. The molecule has 0 unspecified atom stereocenters. The molecule has 0 amide bonds. The smallest absolute Gasteiger partial charge is 0.0594 e. The Bertz CT molecular complexity index is 603. The number of nitrogens with one attached hydrogen (secondary N) is 1. The highest BCUT2D eigenvalue weighted by Crippen LogP contribution is 2.10. The van der Waals surface area contributed by atoms with Crippen molar-refractivity contribution in [2.24, 2.45) is 0 Å². The number of ether oxygens (including phenoxy) is 1. The van der Waals surface area contributed by atoms with Gasteiger partial charge in [-0.3, -0.25) is 4.90 Å². The van der Waals surface area contributed by atoms with Gasteiger partial charge in [0.05, 0.1) is 13.2 Å². The van der Waals surface area contributed by atoms with Crippen LogP contribution in [0.2, 0.25) is 0 Å². The average molecular weight is 310 g/mol. The minimum atomic E-state index is 0.862. The van der Waals surface area contributed by atoms with Crippen molar-refractivity contribution in [1.82, 2.24) is 10.2 Å². The molecule has 23 heavy (non-hydrogen) atoms. The van der Waals surface area contributed by atoms with E-state index in [0.29, 0.717) is 0 Å². The van der Waals surface area contributed by atoms with E-state index < -0.39 is 0 Å². The minimum Gasteiger partial charge on any atom is -0.379 e. The molecule has 3 nitrogen and oxygen atoms in total. The molecule has 0 aromatic heterocycles. The summed E-state index contributed by atoms with van der Waals surface area (Å²) in [6.45, 7) is 8.83. The number of benzene rings is 2. The van der Waals surface area contributed by atoms with Crippen molar-refractivity contribution >= 4 is 0 Å². The van der Waals surface area contributed by atoms with Gasteiger partial charge in [0.1, 0.15) is 0 Å². The van der Waals surface area contributed by atoms with Crippen LogP contribution in [-0.4, -0.2) is 31.2 Å². The van der Waals surface area contributed by atoms with Gasteiger partial charge in [0.2, 0.25) is 0 Å². The van der Waals surface area contributed by atoms with Gasteiger partial charge in [-0.1, -0.05) is 48.5 Å². The molecule has 3 rings (SSSR count). The highest BCUT2D eigenvalue weighted by Gasteiger charge is 2.10. The van der Waals surface area contributed by atoms with Crippen LogP contribution in [0, 0.1) is 6.92 Å². The van der Waals surface area contributed by atoms with Crippen LogP contribution >= 0.6 is 0 Å². The van der Waals surface area contributed by atoms with Crippen molar-refractivity contribution in [2.75, 3.05) is 26.3 Å². The quantitative estimate of drug-likeness (QED) is 0.887. The zero-order chi connectivity index (χ0) is 15.9. The van der Waals surface area contributed by atoms with Crippen molar-refractivity contribution in [3.05, 3.63) is 70.8 Å². The van der Waals surface area contributed by atoms with E-state index in [0.717, 1.165) is 45.9 Å². The van der Waals surface area contributed by atoms with E-state index in [4.69, 9.17) is 4.74 Å². The molecule has 1 fully saturated rings. The summed E-state index contributed by atoms with van der Waals surface area (Å²) in [5.74, 6) is 0. The summed E-state index contributed by atoms with van der Waals surface area (Å²) >= 11 is 0. The third kappa shape index (κ3) is 4.90. The van der Waals surface area contributed by atoms with Crippen molar-refractivity contribution in [3.63, 3.8) is 0 Å². The minimum absolute atomic E-state index is 0.862. The molecular formula is C20H26N2O. The van der Waals surface area contributed by atoms with E-state index in [1.807, 2.05) is 0 Å². The van der Waals surface area contributed by atoms with E-state index in [-0.39, 0.29) is 0 Å². The number of aryl methyl sites for hydroxylation is 1. The fraction of sp³-hybridized carbons (Fsp3) is 0.400. The predicted molar refractivity (Wildman–Crippen MR) is 94.3 cm³/mol. The maximum absolute atomic E-state index is 5.40. The molecule has 1 saturated heterocycles. The van der Waals surface area contributed by atoms with Crippen LogP contribution in [-0.2, 0) is 24.4 Å². The third-order valence-electron chi connectivity index (χ3n) is 4.44. The zero-order valence-corrected chi connectivity index (χ0v) is 13.9. The summed E-state index contributed by atoms with van der Waals surface area (Å²) in [4.78, 5) is 2.45. The number of hydrogen-bond donors (Lipinski definition) is 1. The number of hydrogen-bond acceptors (Lipinski definition) is 3. The van der Waals surface area contributed by atoms with Gasteiger partial charge in [0.15, 0.2) is 0 Å². The largest absolute Gasteiger partial charge is 0.379 e. The molecule has 0 spiro atoms. The molecule has 1 aliphatic rings. The van der Waals surface area contributed by atoms with Crippen molar-refractivity contribution in [1.29, 1.82) is 0 Å². The molecule has 0 saturated carbocycles. The first-order valence-electron chi connectivity index (χ1n) is 8.44. The Morgan fingerprint density at radius 2 is 1.61 bits per heavy atom. The van der Waals surface area contributed by atoms with E-state index >= 15 is 0 Å². The Labute approximate surface area is 139 Å². The fourth-order valence-electron chi connectivity index (χ4n) is 2.93. The Balaban J connectivity index is 1.46. The summed E-state index contributed by atoms with van der Waals surface area (Å²) < 4.78 is 5.40. The topological polar surface area (TPSA) is 24.5 Å². The molecule has 3 heteroatoms. The fourth-order valence-corrected chi connectivity index (χ4v) is 2.93. The molecular weight excluding hydrogens is 284 g/mol. The molecule has 2 aromatic carbocycles. The Morgan fingerprint density at radius 3 is 2.35 bits per heavy atom. The summed E-state index contributed by atoms with van der Waals surface area (Å²) in [5.41, 5.74) is 5.44. The molecule has 0 aliphatic carbocycles. The zero-order valence-electron chi connectivity index (χ0n) is 13.9. The van der Waals surface area contributed by atoms with Crippen LogP contribution in [0.5, 0.6) is 0 Å². The Hall–Kier alpha value is -1.68. The molecule has 0 bridgehead atoms. The summed E-state index contributed by atoms with van der Waals surface area (Å²) in [6, 6.07) is 17.5. The predicted octanol–water partition coefficient (Wildman–Crippen LogP) is 3.12. The monoisotopic (exact) mass is 310 g/mol. The highest BCUT2D eigenvalue weighted by molar-refractivity contribution is 5.26. The Morgan fingerprint density at radius 1 is 0.913 bits per heavy atom. The molecule has 122 valence electrons. The van der Waals surface area contributed by atoms with Gasteiger partial charge in [0, 0.05) is 32.7 Å². The van der Waals surface area contributed by atoms with E-state index in [2.05, 4.69) is 65.7 Å². The molecule has 1 heterocycles. The first-order valence-corrected chi connectivity index (χ1v) is 8.44. The molecule has 1 aliphatic heterocycles. The second-order valence-corrected chi connectivity index (χ2v) is 6.24. The lowest BCUT2D eigenvalue weighted by Gasteiger charge is -2.26. The van der Waals surface area contributed by atoms with Crippen molar-refractivity contribution in [3.8, 4) is 0 Å². The van der Waals surface area contributed by atoms with Gasteiger partial charge in [-0.15, -0.1) is 0 Å². The molecule has 2 aromatic rings. The van der Waals surface area contributed by atoms with Crippen LogP contribution in [0.15, 0.2) is 48.5 Å². The van der Waals surface area contributed by atoms with Gasteiger partial charge < -0.3 is 10.1 Å². The van der Waals surface area contributed by atoms with E-state index in [9.17, 15) is 0 Å². The van der Waals surface area contributed by atoms with Gasteiger partial charge in [-0.05, 0) is 29.2 Å². The van der Waals surface area contributed by atoms with Crippen molar-refractivity contribution < 1.29 is 4.74 Å². The first kappa shape index (κ1) is 16.2. The lowest BCUT2D eigenvalue weighted by atomic mass is 10.1.